The number of hydrogen-bond acceptors (Lipinski definition) is 2. The van der Waals surface area contributed by atoms with Crippen LogP contribution in [-0.4, -0.2) is 18.0 Å². The maximum atomic E-state index is 5.41. The fraction of sp³-hybridized carbons (Fsp3) is 0.0526. The molecule has 7 aromatic rings. The van der Waals surface area contributed by atoms with Crippen LogP contribution in [0.25, 0.3) is 66.6 Å². The maximum Gasteiger partial charge on any atom is 0.160 e. The Morgan fingerprint density at radius 3 is 1.63 bits per heavy atom. The minimum Gasteiger partial charge on any atom is -0.228 e. The first-order chi connectivity index (χ1) is 20.1. The van der Waals surface area contributed by atoms with Gasteiger partial charge in [-0.2, -0.15) is 0 Å². The molecule has 0 saturated heterocycles. The lowest BCUT2D eigenvalue weighted by atomic mass is 9.94. The maximum absolute atomic E-state index is 5.41. The lowest BCUT2D eigenvalue weighted by molar-refractivity contribution is 1.20. The quantitative estimate of drug-likeness (QED) is 0.166. The Morgan fingerprint density at radius 2 is 0.927 bits per heavy atom. The molecule has 0 amide bonds. The Labute approximate surface area is 241 Å². The summed E-state index contributed by atoms with van der Waals surface area (Å²) in [5.74, 6) is 0.777. The number of rotatable bonds is 3. The van der Waals surface area contributed by atoms with Gasteiger partial charge in [-0.15, -0.1) is 0 Å². The Morgan fingerprint density at radius 1 is 0.415 bits per heavy atom. The number of nitrogens with zero attached hydrogens (tertiary/aromatic N) is 2. The van der Waals surface area contributed by atoms with Gasteiger partial charge in [-0.25, -0.2) is 9.97 Å². The van der Waals surface area contributed by atoms with Crippen molar-refractivity contribution in [1.29, 1.82) is 0 Å². The molecule has 0 atom stereocenters. The Balaban J connectivity index is 1.50. The van der Waals surface area contributed by atoms with E-state index in [1.807, 2.05) is 6.07 Å². The highest BCUT2D eigenvalue weighted by atomic mass is 28.3. The predicted molar refractivity (Wildman–Crippen MR) is 176 cm³/mol. The summed E-state index contributed by atoms with van der Waals surface area (Å²) >= 11 is 0. The monoisotopic (exact) mass is 540 g/mol. The van der Waals surface area contributed by atoms with Gasteiger partial charge in [-0.3, -0.25) is 0 Å². The van der Waals surface area contributed by atoms with Crippen LogP contribution in [0.1, 0.15) is 0 Å². The molecule has 8 rings (SSSR count). The van der Waals surface area contributed by atoms with Crippen molar-refractivity contribution in [3.8, 4) is 45.0 Å². The standard InChI is InChI=1S/C38H28N2Si/c1-41(2)36-32-23-12-10-21-30(32)29-20-9-11-22-31(29)33(36)35-37(41)34(39-38(40-35)26-16-7-4-8-17-26)28-19-13-18-27(24-28)25-14-5-3-6-15-25/h3-24H,1-2H3. The molecule has 0 unspecified atom stereocenters. The van der Waals surface area contributed by atoms with Crippen molar-refractivity contribution < 1.29 is 0 Å². The number of hydrogen-bond donors (Lipinski definition) is 0. The van der Waals surface area contributed by atoms with E-state index in [0.717, 1.165) is 28.3 Å². The highest BCUT2D eigenvalue weighted by Crippen LogP contribution is 2.41. The van der Waals surface area contributed by atoms with Crippen molar-refractivity contribution in [1.82, 2.24) is 9.97 Å². The molecule has 41 heavy (non-hydrogen) atoms. The predicted octanol–water partition coefficient (Wildman–Crippen LogP) is 8.59. The summed E-state index contributed by atoms with van der Waals surface area (Å²) in [4.78, 5) is 10.8. The zero-order chi connectivity index (χ0) is 27.6. The molecule has 0 saturated carbocycles. The van der Waals surface area contributed by atoms with Gasteiger partial charge >= 0.3 is 0 Å². The molecule has 2 heterocycles. The first kappa shape index (κ1) is 24.0. The minimum atomic E-state index is -2.24. The summed E-state index contributed by atoms with van der Waals surface area (Å²) in [6.45, 7) is 4.96. The van der Waals surface area contributed by atoms with Gasteiger partial charge in [0, 0.05) is 16.7 Å². The normalized spacial score (nSPS) is 13.3. The molecule has 0 aliphatic carbocycles. The Kier molecular flexibility index (Phi) is 5.31. The molecule has 194 valence electrons. The summed E-state index contributed by atoms with van der Waals surface area (Å²) in [6.07, 6.45) is 0. The molecular weight excluding hydrogens is 513 g/mol. The molecule has 3 heteroatoms. The van der Waals surface area contributed by atoms with Crippen LogP contribution in [0.5, 0.6) is 0 Å². The van der Waals surface area contributed by atoms with Crippen LogP contribution in [0.4, 0.5) is 0 Å². The van der Waals surface area contributed by atoms with Crippen LogP contribution < -0.4 is 10.4 Å². The topological polar surface area (TPSA) is 25.8 Å². The third-order valence-corrected chi connectivity index (χ3v) is 12.1. The second-order valence-electron chi connectivity index (χ2n) is 11.4. The lowest BCUT2D eigenvalue weighted by Crippen LogP contribution is -2.50. The van der Waals surface area contributed by atoms with Gasteiger partial charge in [0.05, 0.1) is 11.4 Å². The molecule has 1 aliphatic heterocycles. The van der Waals surface area contributed by atoms with Crippen LogP contribution in [0.3, 0.4) is 0 Å². The molecule has 0 bridgehead atoms. The Bertz CT molecular complexity index is 2120. The van der Waals surface area contributed by atoms with Crippen LogP contribution >= 0.6 is 0 Å². The summed E-state index contributed by atoms with van der Waals surface area (Å²) in [6, 6.07) is 47.6. The first-order valence-electron chi connectivity index (χ1n) is 14.2. The molecule has 0 N–H and O–H groups in total. The number of fused-ring (bicyclic) bond motifs is 8. The second kappa shape index (κ2) is 9.08. The summed E-state index contributed by atoms with van der Waals surface area (Å²) in [5, 5.41) is 8.04. The molecular formula is C38H28N2Si. The third kappa shape index (κ3) is 3.63. The van der Waals surface area contributed by atoms with Gasteiger partial charge in [-0.1, -0.05) is 140 Å². The van der Waals surface area contributed by atoms with Crippen LogP contribution in [0.15, 0.2) is 133 Å². The van der Waals surface area contributed by atoms with E-state index >= 15 is 0 Å². The largest absolute Gasteiger partial charge is 0.228 e. The highest BCUT2D eigenvalue weighted by Gasteiger charge is 2.44. The van der Waals surface area contributed by atoms with Crippen molar-refractivity contribution in [3.63, 3.8) is 0 Å². The second-order valence-corrected chi connectivity index (χ2v) is 15.6. The van der Waals surface area contributed by atoms with Gasteiger partial charge in [0.15, 0.2) is 5.82 Å². The SMILES string of the molecule is C[Si]1(C)c2c(-c3cccc(-c4ccccc4)c3)nc(-c3ccccc3)nc2-c2c1c1ccccc1c1ccccc21. The van der Waals surface area contributed by atoms with E-state index in [1.54, 1.807) is 0 Å². The van der Waals surface area contributed by atoms with Gasteiger partial charge in [0.25, 0.3) is 0 Å². The van der Waals surface area contributed by atoms with E-state index in [0.29, 0.717) is 0 Å². The summed E-state index contributed by atoms with van der Waals surface area (Å²) in [7, 11) is -2.24. The molecule has 1 aromatic heterocycles. The van der Waals surface area contributed by atoms with Crippen LogP contribution in [0.2, 0.25) is 13.1 Å². The van der Waals surface area contributed by atoms with E-state index < -0.39 is 8.07 Å². The average Bonchev–Trinajstić information content (AvgIpc) is 3.28. The van der Waals surface area contributed by atoms with Crippen molar-refractivity contribution in [3.05, 3.63) is 133 Å². The van der Waals surface area contributed by atoms with Gasteiger partial charge in [0.1, 0.15) is 8.07 Å². The molecule has 2 nitrogen and oxygen atoms in total. The van der Waals surface area contributed by atoms with Crippen molar-refractivity contribution in [2.45, 2.75) is 13.1 Å². The minimum absolute atomic E-state index is 0.777. The van der Waals surface area contributed by atoms with E-state index in [4.69, 9.17) is 9.97 Å². The van der Waals surface area contributed by atoms with E-state index in [-0.39, 0.29) is 0 Å². The van der Waals surface area contributed by atoms with E-state index in [9.17, 15) is 0 Å². The lowest BCUT2D eigenvalue weighted by Gasteiger charge is -2.23. The molecule has 0 spiro atoms. The van der Waals surface area contributed by atoms with E-state index in [2.05, 4.69) is 140 Å². The van der Waals surface area contributed by atoms with Crippen LogP contribution in [-0.2, 0) is 0 Å². The number of benzene rings is 6. The summed E-state index contributed by atoms with van der Waals surface area (Å²) < 4.78 is 0. The molecule has 0 fully saturated rings. The van der Waals surface area contributed by atoms with Gasteiger partial charge in [0.2, 0.25) is 0 Å². The molecule has 1 aliphatic rings. The first-order valence-corrected chi connectivity index (χ1v) is 17.2. The van der Waals surface area contributed by atoms with E-state index in [1.165, 1.54) is 48.6 Å². The molecule has 0 radical (unpaired) electrons. The average molecular weight is 541 g/mol. The smallest absolute Gasteiger partial charge is 0.160 e. The number of aromatic nitrogens is 2. The van der Waals surface area contributed by atoms with Crippen LogP contribution in [0, 0.1) is 0 Å². The van der Waals surface area contributed by atoms with Crippen molar-refractivity contribution in [2.24, 2.45) is 0 Å². The fourth-order valence-corrected chi connectivity index (χ4v) is 10.4. The van der Waals surface area contributed by atoms with Crippen molar-refractivity contribution in [2.75, 3.05) is 0 Å². The highest BCUT2D eigenvalue weighted by molar-refractivity contribution is 7.06. The summed E-state index contributed by atoms with van der Waals surface area (Å²) in [5.41, 5.74) is 8.05. The van der Waals surface area contributed by atoms with Crippen molar-refractivity contribution >= 4 is 40.0 Å². The van der Waals surface area contributed by atoms with Gasteiger partial charge in [-0.05, 0) is 49.1 Å². The molecule has 6 aromatic carbocycles. The van der Waals surface area contributed by atoms with Gasteiger partial charge < -0.3 is 0 Å². The fourth-order valence-electron chi connectivity index (χ4n) is 6.80. The Hall–Kier alpha value is -4.86. The zero-order valence-electron chi connectivity index (χ0n) is 23.1. The third-order valence-electron chi connectivity index (χ3n) is 8.60. The zero-order valence-corrected chi connectivity index (χ0v) is 24.1.